The van der Waals surface area contributed by atoms with E-state index in [1.807, 2.05) is 6.92 Å². The lowest BCUT2D eigenvalue weighted by molar-refractivity contribution is 0.0696. The molecule has 3 N–H and O–H groups in total. The van der Waals surface area contributed by atoms with Gasteiger partial charge in [0, 0.05) is 5.56 Å². The summed E-state index contributed by atoms with van der Waals surface area (Å²) in [6, 6.07) is 11.4. The first-order valence-electron chi connectivity index (χ1n) is 6.33. The van der Waals surface area contributed by atoms with Gasteiger partial charge >= 0.3 is 5.97 Å². The summed E-state index contributed by atoms with van der Waals surface area (Å²) in [5.74, 6) is -0.990. The van der Waals surface area contributed by atoms with E-state index in [1.54, 1.807) is 30.3 Å². The van der Waals surface area contributed by atoms with Crippen LogP contribution in [0.4, 0.5) is 0 Å². The van der Waals surface area contributed by atoms with Crippen LogP contribution in [0.5, 0.6) is 5.75 Å². The first kappa shape index (κ1) is 14.6. The van der Waals surface area contributed by atoms with Crippen molar-refractivity contribution in [1.82, 2.24) is 0 Å². The van der Waals surface area contributed by atoms with E-state index in [4.69, 9.17) is 15.6 Å². The number of nitrogens with two attached hydrogens (primary N) is 1. The average molecular weight is 285 g/mol. The van der Waals surface area contributed by atoms with Crippen molar-refractivity contribution in [3.8, 4) is 5.75 Å². The molecule has 0 aliphatic carbocycles. The zero-order valence-electron chi connectivity index (χ0n) is 11.5. The van der Waals surface area contributed by atoms with Crippen LogP contribution in [0.1, 0.15) is 31.8 Å². The van der Waals surface area contributed by atoms with Gasteiger partial charge in [0.1, 0.15) is 12.4 Å². The normalized spacial score (nSPS) is 10.1. The van der Waals surface area contributed by atoms with Crippen molar-refractivity contribution in [3.05, 3.63) is 64.7 Å². The van der Waals surface area contributed by atoms with Crippen LogP contribution in [0.3, 0.4) is 0 Å². The van der Waals surface area contributed by atoms with Crippen molar-refractivity contribution >= 4 is 11.9 Å². The molecule has 0 fully saturated rings. The number of benzene rings is 2. The number of rotatable bonds is 5. The topological polar surface area (TPSA) is 89.6 Å². The van der Waals surface area contributed by atoms with Gasteiger partial charge in [-0.1, -0.05) is 12.1 Å². The van der Waals surface area contributed by atoms with E-state index in [-0.39, 0.29) is 12.2 Å². The number of ether oxygens (including phenoxy) is 1. The third-order valence-corrected chi connectivity index (χ3v) is 3.10. The molecule has 0 saturated heterocycles. The largest absolute Gasteiger partial charge is 0.489 e. The Morgan fingerprint density at radius 2 is 1.90 bits per heavy atom. The Bertz CT molecular complexity index is 694. The summed E-state index contributed by atoms with van der Waals surface area (Å²) >= 11 is 0. The van der Waals surface area contributed by atoms with Gasteiger partial charge in [-0.05, 0) is 48.4 Å². The first-order valence-corrected chi connectivity index (χ1v) is 6.33. The van der Waals surface area contributed by atoms with Gasteiger partial charge in [0.05, 0.1) is 5.56 Å². The Labute approximate surface area is 122 Å². The van der Waals surface area contributed by atoms with Crippen LogP contribution >= 0.6 is 0 Å². The smallest absolute Gasteiger partial charge is 0.335 e. The second kappa shape index (κ2) is 6.09. The van der Waals surface area contributed by atoms with Crippen molar-refractivity contribution in [2.75, 3.05) is 0 Å². The van der Waals surface area contributed by atoms with E-state index in [2.05, 4.69) is 0 Å². The summed E-state index contributed by atoms with van der Waals surface area (Å²) in [6.45, 7) is 2.15. The lowest BCUT2D eigenvalue weighted by atomic mass is 10.1. The molecule has 0 unspecified atom stereocenters. The van der Waals surface area contributed by atoms with Crippen LogP contribution in [0.15, 0.2) is 42.5 Å². The van der Waals surface area contributed by atoms with Crippen LogP contribution in [0.25, 0.3) is 0 Å². The number of aromatic carboxylic acids is 1. The minimum atomic E-state index is -0.998. The minimum absolute atomic E-state index is 0.174. The Morgan fingerprint density at radius 3 is 2.52 bits per heavy atom. The third-order valence-electron chi connectivity index (χ3n) is 3.10. The predicted molar refractivity (Wildman–Crippen MR) is 77.4 cm³/mol. The SMILES string of the molecule is Cc1cc(C(N)=O)ccc1COc1cccc(C(=O)O)c1. The lowest BCUT2D eigenvalue weighted by Crippen LogP contribution is -2.11. The summed E-state index contributed by atoms with van der Waals surface area (Å²) in [5.41, 5.74) is 7.63. The maximum atomic E-state index is 11.1. The molecule has 0 aliphatic heterocycles. The highest BCUT2D eigenvalue weighted by molar-refractivity contribution is 5.93. The van der Waals surface area contributed by atoms with Gasteiger partial charge in [-0.3, -0.25) is 4.79 Å². The number of hydrogen-bond acceptors (Lipinski definition) is 3. The first-order chi connectivity index (χ1) is 9.97. The van der Waals surface area contributed by atoms with Crippen LogP contribution in [-0.2, 0) is 6.61 Å². The van der Waals surface area contributed by atoms with Crippen LogP contribution < -0.4 is 10.5 Å². The van der Waals surface area contributed by atoms with E-state index >= 15 is 0 Å². The highest BCUT2D eigenvalue weighted by Gasteiger charge is 2.07. The number of carbonyl (C=O) groups excluding carboxylic acids is 1. The zero-order chi connectivity index (χ0) is 15.4. The number of hydrogen-bond donors (Lipinski definition) is 2. The third kappa shape index (κ3) is 3.60. The fourth-order valence-electron chi connectivity index (χ4n) is 1.89. The maximum absolute atomic E-state index is 11.1. The van der Waals surface area contributed by atoms with Crippen LogP contribution in [0.2, 0.25) is 0 Å². The second-order valence-electron chi connectivity index (χ2n) is 4.63. The minimum Gasteiger partial charge on any atom is -0.489 e. The molecule has 0 aromatic heterocycles. The summed E-state index contributed by atoms with van der Waals surface area (Å²) < 4.78 is 5.58. The summed E-state index contributed by atoms with van der Waals surface area (Å²) in [6.07, 6.45) is 0. The Morgan fingerprint density at radius 1 is 1.14 bits per heavy atom. The van der Waals surface area contributed by atoms with E-state index in [9.17, 15) is 9.59 Å². The molecule has 2 aromatic carbocycles. The molecule has 0 radical (unpaired) electrons. The second-order valence-corrected chi connectivity index (χ2v) is 4.63. The van der Waals surface area contributed by atoms with Crippen LogP contribution in [-0.4, -0.2) is 17.0 Å². The molecule has 0 bridgehead atoms. The number of primary amides is 1. The standard InChI is InChI=1S/C16H15NO4/c1-10-7-11(15(17)18)5-6-13(10)9-21-14-4-2-3-12(8-14)16(19)20/h2-8H,9H2,1H3,(H2,17,18)(H,19,20). The molecule has 5 nitrogen and oxygen atoms in total. The lowest BCUT2D eigenvalue weighted by Gasteiger charge is -2.10. The quantitative estimate of drug-likeness (QED) is 0.882. The van der Waals surface area contributed by atoms with E-state index in [0.29, 0.717) is 11.3 Å². The van der Waals surface area contributed by atoms with Crippen molar-refractivity contribution in [2.24, 2.45) is 5.73 Å². The fourth-order valence-corrected chi connectivity index (χ4v) is 1.89. The molecule has 2 aromatic rings. The molecular formula is C16H15NO4. The molecule has 5 heteroatoms. The highest BCUT2D eigenvalue weighted by atomic mass is 16.5. The van der Waals surface area contributed by atoms with Crippen LogP contribution in [0, 0.1) is 6.92 Å². The van der Waals surface area contributed by atoms with Gasteiger partial charge in [-0.15, -0.1) is 0 Å². The molecule has 0 heterocycles. The summed E-state index contributed by atoms with van der Waals surface area (Å²) in [5, 5.41) is 8.92. The molecule has 0 saturated carbocycles. The van der Waals surface area contributed by atoms with Gasteiger partial charge in [0.15, 0.2) is 0 Å². The summed E-state index contributed by atoms with van der Waals surface area (Å²) in [4.78, 5) is 22.0. The average Bonchev–Trinajstić information content (AvgIpc) is 2.46. The van der Waals surface area contributed by atoms with E-state index in [1.165, 1.54) is 12.1 Å². The van der Waals surface area contributed by atoms with Gasteiger partial charge in [0.2, 0.25) is 5.91 Å². The van der Waals surface area contributed by atoms with Crippen molar-refractivity contribution < 1.29 is 19.4 Å². The molecular weight excluding hydrogens is 270 g/mol. The fraction of sp³-hybridized carbons (Fsp3) is 0.125. The van der Waals surface area contributed by atoms with Gasteiger partial charge in [-0.2, -0.15) is 0 Å². The van der Waals surface area contributed by atoms with Gasteiger partial charge in [-0.25, -0.2) is 4.79 Å². The van der Waals surface area contributed by atoms with Gasteiger partial charge in [0.25, 0.3) is 0 Å². The summed E-state index contributed by atoms with van der Waals surface area (Å²) in [7, 11) is 0. The van der Waals surface area contributed by atoms with Crippen molar-refractivity contribution in [1.29, 1.82) is 0 Å². The maximum Gasteiger partial charge on any atom is 0.335 e. The molecule has 1 amide bonds. The monoisotopic (exact) mass is 285 g/mol. The number of carbonyl (C=O) groups is 2. The number of carboxylic acid groups (broad SMARTS) is 1. The van der Waals surface area contributed by atoms with Gasteiger partial charge < -0.3 is 15.6 Å². The van der Waals surface area contributed by atoms with Crippen molar-refractivity contribution in [2.45, 2.75) is 13.5 Å². The zero-order valence-corrected chi connectivity index (χ0v) is 11.5. The molecule has 0 atom stereocenters. The van der Waals surface area contributed by atoms with Crippen molar-refractivity contribution in [3.63, 3.8) is 0 Å². The number of aryl methyl sites for hydroxylation is 1. The Kier molecular flexibility index (Phi) is 4.23. The highest BCUT2D eigenvalue weighted by Crippen LogP contribution is 2.17. The van der Waals surface area contributed by atoms with E-state index < -0.39 is 11.9 Å². The molecule has 0 aliphatic rings. The molecule has 0 spiro atoms. The number of amides is 1. The molecule has 2 rings (SSSR count). The Balaban J connectivity index is 2.11. The molecule has 108 valence electrons. The van der Waals surface area contributed by atoms with E-state index in [0.717, 1.165) is 11.1 Å². The predicted octanol–water partition coefficient (Wildman–Crippen LogP) is 2.37. The number of carboxylic acids is 1. The Hall–Kier alpha value is -2.82. The molecule has 21 heavy (non-hydrogen) atoms.